The first-order valence-electron chi connectivity index (χ1n) is 10.6. The average Bonchev–Trinajstić information content (AvgIpc) is 3.33. The second-order valence-corrected chi connectivity index (χ2v) is 8.13. The van der Waals surface area contributed by atoms with Gasteiger partial charge in [0.15, 0.2) is 0 Å². The lowest BCUT2D eigenvalue weighted by Crippen LogP contribution is -2.44. The van der Waals surface area contributed by atoms with Gasteiger partial charge in [-0.15, -0.1) is 0 Å². The highest BCUT2D eigenvalue weighted by molar-refractivity contribution is 6.36. The molecule has 3 aliphatic rings. The van der Waals surface area contributed by atoms with Gasteiger partial charge in [-0.2, -0.15) is 0 Å². The monoisotopic (exact) mass is 420 g/mol. The number of carbonyl (C=O) groups is 2. The minimum Gasteiger partial charge on any atom is -0.487 e. The lowest BCUT2D eigenvalue weighted by Gasteiger charge is -2.28. The van der Waals surface area contributed by atoms with Crippen LogP contribution in [-0.2, 0) is 32.2 Å². The summed E-state index contributed by atoms with van der Waals surface area (Å²) in [4.78, 5) is 24.3. The summed E-state index contributed by atoms with van der Waals surface area (Å²) in [7, 11) is 0. The molecule has 1 amide bonds. The SMILES string of the molecule is O=C1Nc2ccccc2C1=C1OCc2cc(CNC(C(=O)O)C3CCOCC3)ccc21. The Bertz CT molecular complexity index is 1070. The Morgan fingerprint density at radius 2 is 1.97 bits per heavy atom. The van der Waals surface area contributed by atoms with E-state index < -0.39 is 12.0 Å². The van der Waals surface area contributed by atoms with Crippen molar-refractivity contribution in [2.45, 2.75) is 32.0 Å². The molecule has 5 rings (SSSR count). The van der Waals surface area contributed by atoms with Crippen LogP contribution in [0.4, 0.5) is 5.69 Å². The molecule has 1 fully saturated rings. The molecule has 2 aromatic carbocycles. The minimum absolute atomic E-state index is 0.0706. The third kappa shape index (κ3) is 3.71. The molecule has 0 aliphatic carbocycles. The van der Waals surface area contributed by atoms with E-state index in [1.807, 2.05) is 42.5 Å². The number of nitrogens with one attached hydrogen (secondary N) is 2. The highest BCUT2D eigenvalue weighted by atomic mass is 16.5. The van der Waals surface area contributed by atoms with Crippen LogP contribution in [0.5, 0.6) is 0 Å². The van der Waals surface area contributed by atoms with Crippen LogP contribution < -0.4 is 10.6 Å². The molecule has 7 nitrogen and oxygen atoms in total. The number of para-hydroxylation sites is 1. The van der Waals surface area contributed by atoms with Crippen LogP contribution in [0, 0.1) is 5.92 Å². The number of benzene rings is 2. The Morgan fingerprint density at radius 3 is 2.77 bits per heavy atom. The first-order chi connectivity index (χ1) is 15.1. The zero-order valence-electron chi connectivity index (χ0n) is 17.0. The number of carbonyl (C=O) groups excluding carboxylic acids is 1. The zero-order valence-corrected chi connectivity index (χ0v) is 17.0. The van der Waals surface area contributed by atoms with E-state index in [9.17, 15) is 14.7 Å². The van der Waals surface area contributed by atoms with Gasteiger partial charge < -0.3 is 25.2 Å². The van der Waals surface area contributed by atoms with E-state index in [0.29, 0.717) is 37.7 Å². The lowest BCUT2D eigenvalue weighted by molar-refractivity contribution is -0.142. The van der Waals surface area contributed by atoms with E-state index in [1.165, 1.54) is 0 Å². The Kier molecular flexibility index (Phi) is 5.21. The minimum atomic E-state index is -0.825. The first-order valence-corrected chi connectivity index (χ1v) is 10.6. The van der Waals surface area contributed by atoms with Gasteiger partial charge in [-0.25, -0.2) is 0 Å². The van der Waals surface area contributed by atoms with Crippen LogP contribution in [0.2, 0.25) is 0 Å². The summed E-state index contributed by atoms with van der Waals surface area (Å²) in [5.41, 5.74) is 5.10. The van der Waals surface area contributed by atoms with Gasteiger partial charge in [0, 0.05) is 42.1 Å². The standard InChI is InChI=1S/C24H24N2O5/c27-23-20(18-3-1-2-4-19(18)26-23)22-17-6-5-14(11-16(17)13-31-22)12-25-21(24(28)29)15-7-9-30-10-8-15/h1-6,11,15,21,25H,7-10,12-13H2,(H,26,27)(H,28,29). The van der Waals surface area contributed by atoms with Crippen LogP contribution in [0.3, 0.4) is 0 Å². The van der Waals surface area contributed by atoms with E-state index >= 15 is 0 Å². The number of carboxylic acids is 1. The fourth-order valence-electron chi connectivity index (χ4n) is 4.61. The summed E-state index contributed by atoms with van der Waals surface area (Å²) in [5, 5.41) is 15.8. The molecule has 0 spiro atoms. The average molecular weight is 420 g/mol. The van der Waals surface area contributed by atoms with Gasteiger partial charge in [0.05, 0.1) is 5.57 Å². The second kappa shape index (κ2) is 8.17. The highest BCUT2D eigenvalue weighted by Gasteiger charge is 2.33. The number of hydrogen-bond acceptors (Lipinski definition) is 5. The van der Waals surface area contributed by atoms with Crippen LogP contribution in [0.15, 0.2) is 42.5 Å². The smallest absolute Gasteiger partial charge is 0.320 e. The third-order valence-electron chi connectivity index (χ3n) is 6.21. The molecular weight excluding hydrogens is 396 g/mol. The van der Waals surface area contributed by atoms with Crippen molar-refractivity contribution >= 4 is 28.9 Å². The molecule has 3 heterocycles. The Morgan fingerprint density at radius 1 is 1.16 bits per heavy atom. The van der Waals surface area contributed by atoms with Gasteiger partial charge in [0.1, 0.15) is 18.4 Å². The van der Waals surface area contributed by atoms with Crippen molar-refractivity contribution < 1.29 is 24.2 Å². The topological polar surface area (TPSA) is 96.9 Å². The number of ether oxygens (including phenoxy) is 2. The molecule has 0 saturated carbocycles. The summed E-state index contributed by atoms with van der Waals surface area (Å²) >= 11 is 0. The van der Waals surface area contributed by atoms with Gasteiger partial charge in [-0.05, 0) is 30.4 Å². The summed E-state index contributed by atoms with van der Waals surface area (Å²) in [6, 6.07) is 12.9. The molecule has 0 radical (unpaired) electrons. The molecule has 3 N–H and O–H groups in total. The van der Waals surface area contributed by atoms with Crippen molar-refractivity contribution in [3.8, 4) is 0 Å². The summed E-state index contributed by atoms with van der Waals surface area (Å²) in [5.74, 6) is -0.311. The quantitative estimate of drug-likeness (QED) is 0.644. The molecule has 160 valence electrons. The van der Waals surface area contributed by atoms with E-state index in [1.54, 1.807) is 0 Å². The highest BCUT2D eigenvalue weighted by Crippen LogP contribution is 2.41. The number of amides is 1. The molecule has 1 atom stereocenters. The van der Waals surface area contributed by atoms with Gasteiger partial charge in [-0.1, -0.05) is 36.4 Å². The Labute approximate surface area is 180 Å². The number of fused-ring (bicyclic) bond motifs is 2. The zero-order chi connectivity index (χ0) is 21.4. The molecule has 0 aromatic heterocycles. The first kappa shape index (κ1) is 19.8. The number of aliphatic carboxylic acids is 1. The number of rotatable bonds is 5. The van der Waals surface area contributed by atoms with Crippen LogP contribution in [0.1, 0.15) is 35.1 Å². The van der Waals surface area contributed by atoms with Gasteiger partial charge in [-0.3, -0.25) is 9.59 Å². The number of hydrogen-bond donors (Lipinski definition) is 3. The van der Waals surface area contributed by atoms with Gasteiger partial charge >= 0.3 is 5.97 Å². The van der Waals surface area contributed by atoms with E-state index in [2.05, 4.69) is 10.6 Å². The Balaban J connectivity index is 1.36. The largest absolute Gasteiger partial charge is 0.487 e. The summed E-state index contributed by atoms with van der Waals surface area (Å²) in [6.07, 6.45) is 1.50. The van der Waals surface area contributed by atoms with Crippen molar-refractivity contribution in [3.63, 3.8) is 0 Å². The second-order valence-electron chi connectivity index (χ2n) is 8.13. The summed E-state index contributed by atoms with van der Waals surface area (Å²) < 4.78 is 11.3. The van der Waals surface area contributed by atoms with E-state index in [0.717, 1.165) is 40.8 Å². The predicted molar refractivity (Wildman–Crippen MR) is 115 cm³/mol. The van der Waals surface area contributed by atoms with Crippen molar-refractivity contribution in [2.24, 2.45) is 5.92 Å². The molecule has 1 saturated heterocycles. The maximum Gasteiger partial charge on any atom is 0.320 e. The molecule has 3 aliphatic heterocycles. The normalized spacial score (nSPS) is 21.2. The van der Waals surface area contributed by atoms with Crippen molar-refractivity contribution in [3.05, 3.63) is 64.7 Å². The lowest BCUT2D eigenvalue weighted by atomic mass is 9.91. The fraction of sp³-hybridized carbons (Fsp3) is 0.333. The van der Waals surface area contributed by atoms with Crippen molar-refractivity contribution in [1.29, 1.82) is 0 Å². The molecule has 31 heavy (non-hydrogen) atoms. The van der Waals surface area contributed by atoms with E-state index in [-0.39, 0.29) is 11.8 Å². The van der Waals surface area contributed by atoms with Gasteiger partial charge in [0.25, 0.3) is 5.91 Å². The van der Waals surface area contributed by atoms with Crippen molar-refractivity contribution in [2.75, 3.05) is 18.5 Å². The molecular formula is C24H24N2O5. The molecule has 0 bridgehead atoms. The summed E-state index contributed by atoms with van der Waals surface area (Å²) in [6.45, 7) is 2.07. The number of carboxylic acid groups (broad SMARTS) is 1. The maximum atomic E-state index is 12.6. The molecule has 1 unspecified atom stereocenters. The molecule has 7 heteroatoms. The van der Waals surface area contributed by atoms with Crippen molar-refractivity contribution in [1.82, 2.24) is 5.32 Å². The Hall–Kier alpha value is -3.16. The maximum absolute atomic E-state index is 12.6. The third-order valence-corrected chi connectivity index (χ3v) is 6.21. The molecule has 2 aromatic rings. The van der Waals surface area contributed by atoms with Gasteiger partial charge in [0.2, 0.25) is 0 Å². The van der Waals surface area contributed by atoms with Crippen LogP contribution in [-0.4, -0.2) is 36.2 Å². The number of anilines is 1. The van der Waals surface area contributed by atoms with Crippen LogP contribution in [0.25, 0.3) is 11.3 Å². The fourth-order valence-corrected chi connectivity index (χ4v) is 4.61. The van der Waals surface area contributed by atoms with E-state index in [4.69, 9.17) is 9.47 Å². The predicted octanol–water partition coefficient (Wildman–Crippen LogP) is 3.01. The van der Waals surface area contributed by atoms with Crippen LogP contribution >= 0.6 is 0 Å².